The Morgan fingerprint density at radius 3 is 2.95 bits per heavy atom. The van der Waals surface area contributed by atoms with Gasteiger partial charge in [0.05, 0.1) is 0 Å². The first kappa shape index (κ1) is 13.8. The van der Waals surface area contributed by atoms with E-state index in [2.05, 4.69) is 16.5 Å². The second kappa shape index (κ2) is 5.56. The van der Waals surface area contributed by atoms with Gasteiger partial charge >= 0.3 is 0 Å². The van der Waals surface area contributed by atoms with Gasteiger partial charge < -0.3 is 34.1 Å². The lowest BCUT2D eigenvalue weighted by Crippen LogP contribution is -3.00. The molecule has 2 aromatic heterocycles. The topological polar surface area (TPSA) is 55.9 Å². The van der Waals surface area contributed by atoms with Crippen LogP contribution in [-0.2, 0) is 6.54 Å². The van der Waals surface area contributed by atoms with Crippen molar-refractivity contribution in [3.8, 4) is 11.5 Å². The van der Waals surface area contributed by atoms with Gasteiger partial charge in [-0.05, 0) is 25.1 Å². The number of oxazole rings is 1. The zero-order chi connectivity index (χ0) is 12.5. The maximum absolute atomic E-state index is 5.73. The Kier molecular flexibility index (Phi) is 4.04. The molecule has 0 aliphatic heterocycles. The van der Waals surface area contributed by atoms with Crippen molar-refractivity contribution in [3.05, 3.63) is 42.7 Å². The number of nitrogen functional groups attached to an aromatic ring is 1. The van der Waals surface area contributed by atoms with Crippen molar-refractivity contribution in [2.45, 2.75) is 13.5 Å². The molecule has 2 N–H and O–H groups in total. The highest BCUT2D eigenvalue weighted by Crippen LogP contribution is 2.24. The molecule has 0 amide bonds. The van der Waals surface area contributed by atoms with E-state index >= 15 is 0 Å². The molecule has 0 bridgehead atoms. The maximum Gasteiger partial charge on any atom is 0.233 e. The van der Waals surface area contributed by atoms with Gasteiger partial charge in [0.25, 0.3) is 0 Å². The van der Waals surface area contributed by atoms with Gasteiger partial charge in [0.1, 0.15) is 17.6 Å². The van der Waals surface area contributed by atoms with Gasteiger partial charge in [-0.1, -0.05) is 0 Å². The summed E-state index contributed by atoms with van der Waals surface area (Å²) < 4.78 is 7.81. The number of benzene rings is 1. The predicted molar refractivity (Wildman–Crippen MR) is 69.7 cm³/mol. The summed E-state index contributed by atoms with van der Waals surface area (Å²) in [6.45, 7) is 3.01. The number of aryl methyl sites for hydroxylation is 1. The number of rotatable bonds is 2. The second-order valence-corrected chi connectivity index (χ2v) is 4.17. The molecule has 3 aromatic rings. The van der Waals surface area contributed by atoms with Crippen molar-refractivity contribution in [1.29, 1.82) is 0 Å². The van der Waals surface area contributed by atoms with Crippen molar-refractivity contribution in [3.63, 3.8) is 0 Å². The summed E-state index contributed by atoms with van der Waals surface area (Å²) in [6, 6.07) is 9.46. The SMILES string of the molecule is CC[n+]1cccc(-c2nc3ccc(N)cc3o2)c1.[I-]. The van der Waals surface area contributed by atoms with E-state index in [-0.39, 0.29) is 24.0 Å². The van der Waals surface area contributed by atoms with Crippen molar-refractivity contribution in [1.82, 2.24) is 4.98 Å². The van der Waals surface area contributed by atoms with Crippen molar-refractivity contribution in [2.24, 2.45) is 0 Å². The van der Waals surface area contributed by atoms with E-state index in [1.54, 1.807) is 6.07 Å². The molecule has 0 spiro atoms. The Labute approximate surface area is 128 Å². The quantitative estimate of drug-likeness (QED) is 0.374. The molecule has 0 saturated heterocycles. The van der Waals surface area contributed by atoms with E-state index in [1.165, 1.54) is 0 Å². The number of fused-ring (bicyclic) bond motifs is 1. The molecule has 4 nitrogen and oxygen atoms in total. The summed E-state index contributed by atoms with van der Waals surface area (Å²) in [5, 5.41) is 0. The molecule has 0 aliphatic carbocycles. The van der Waals surface area contributed by atoms with Gasteiger partial charge in [0.15, 0.2) is 18.0 Å². The minimum absolute atomic E-state index is 0. The standard InChI is InChI=1S/C14H14N3O.HI/c1-2-17-7-3-4-10(9-17)14-16-12-6-5-11(15)8-13(12)18-14;/h3-9H,2,15H2,1H3;1H/q+1;/p-1. The molecule has 0 aliphatic rings. The van der Waals surface area contributed by atoms with E-state index in [4.69, 9.17) is 10.2 Å². The summed E-state index contributed by atoms with van der Waals surface area (Å²) in [5.41, 5.74) is 8.92. The van der Waals surface area contributed by atoms with Crippen LogP contribution in [0.3, 0.4) is 0 Å². The van der Waals surface area contributed by atoms with Crippen LogP contribution in [0.4, 0.5) is 5.69 Å². The number of hydrogen-bond donors (Lipinski definition) is 1. The molecule has 0 unspecified atom stereocenters. The lowest BCUT2D eigenvalue weighted by molar-refractivity contribution is -0.693. The molecule has 2 heterocycles. The molecule has 0 atom stereocenters. The van der Waals surface area contributed by atoms with Crippen LogP contribution in [0, 0.1) is 0 Å². The lowest BCUT2D eigenvalue weighted by Gasteiger charge is -1.94. The summed E-state index contributed by atoms with van der Waals surface area (Å²) in [6.07, 6.45) is 4.04. The van der Waals surface area contributed by atoms with Crippen LogP contribution in [0.25, 0.3) is 22.6 Å². The van der Waals surface area contributed by atoms with Crippen LogP contribution in [0.2, 0.25) is 0 Å². The Morgan fingerprint density at radius 1 is 1.32 bits per heavy atom. The molecule has 19 heavy (non-hydrogen) atoms. The molecule has 5 heteroatoms. The van der Waals surface area contributed by atoms with Crippen LogP contribution in [0.15, 0.2) is 47.1 Å². The smallest absolute Gasteiger partial charge is 0.233 e. The van der Waals surface area contributed by atoms with Gasteiger partial charge in [-0.15, -0.1) is 0 Å². The summed E-state index contributed by atoms with van der Waals surface area (Å²) in [5.74, 6) is 0.624. The minimum Gasteiger partial charge on any atom is -1.00 e. The summed E-state index contributed by atoms with van der Waals surface area (Å²) in [7, 11) is 0. The van der Waals surface area contributed by atoms with Crippen LogP contribution in [0.5, 0.6) is 0 Å². The number of hydrogen-bond acceptors (Lipinski definition) is 3. The number of nitrogens with zero attached hydrogens (tertiary/aromatic N) is 2. The predicted octanol–water partition coefficient (Wildman–Crippen LogP) is -0.612. The second-order valence-electron chi connectivity index (χ2n) is 4.17. The highest BCUT2D eigenvalue weighted by Gasteiger charge is 2.11. The van der Waals surface area contributed by atoms with Crippen LogP contribution >= 0.6 is 0 Å². The Hall–Kier alpha value is -1.63. The number of halogens is 1. The first-order valence-electron chi connectivity index (χ1n) is 5.92. The highest BCUT2D eigenvalue weighted by molar-refractivity contribution is 5.79. The van der Waals surface area contributed by atoms with Crippen molar-refractivity contribution < 1.29 is 33.0 Å². The van der Waals surface area contributed by atoms with E-state index in [9.17, 15) is 0 Å². The molecular formula is C14H14IN3O. The Morgan fingerprint density at radius 2 is 2.16 bits per heavy atom. The van der Waals surface area contributed by atoms with E-state index < -0.39 is 0 Å². The van der Waals surface area contributed by atoms with E-state index in [0.29, 0.717) is 11.6 Å². The third kappa shape index (κ3) is 2.70. The molecule has 0 fully saturated rings. The third-order valence-corrected chi connectivity index (χ3v) is 2.88. The lowest BCUT2D eigenvalue weighted by atomic mass is 10.3. The molecular weight excluding hydrogens is 353 g/mol. The fraction of sp³-hybridized carbons (Fsp3) is 0.143. The molecule has 0 saturated carbocycles. The average molecular weight is 367 g/mol. The molecule has 0 radical (unpaired) electrons. The van der Waals surface area contributed by atoms with Crippen LogP contribution in [-0.4, -0.2) is 4.98 Å². The minimum atomic E-state index is 0. The fourth-order valence-corrected chi connectivity index (χ4v) is 1.91. The van der Waals surface area contributed by atoms with Gasteiger partial charge in [-0.25, -0.2) is 9.55 Å². The first-order chi connectivity index (χ1) is 8.76. The van der Waals surface area contributed by atoms with Crippen molar-refractivity contribution >= 4 is 16.8 Å². The molecule has 1 aromatic carbocycles. The third-order valence-electron chi connectivity index (χ3n) is 2.88. The van der Waals surface area contributed by atoms with Crippen molar-refractivity contribution in [2.75, 3.05) is 5.73 Å². The largest absolute Gasteiger partial charge is 1.00 e. The van der Waals surface area contributed by atoms with Gasteiger partial charge in [-0.2, -0.15) is 0 Å². The Bertz CT molecular complexity index is 709. The molecule has 98 valence electrons. The number of anilines is 1. The van der Waals surface area contributed by atoms with Gasteiger partial charge in [-0.3, -0.25) is 0 Å². The summed E-state index contributed by atoms with van der Waals surface area (Å²) in [4.78, 5) is 4.46. The fourth-order valence-electron chi connectivity index (χ4n) is 1.91. The van der Waals surface area contributed by atoms with E-state index in [1.807, 2.05) is 36.7 Å². The molecule has 3 rings (SSSR count). The summed E-state index contributed by atoms with van der Waals surface area (Å²) >= 11 is 0. The number of pyridine rings is 1. The van der Waals surface area contributed by atoms with E-state index in [0.717, 1.165) is 23.2 Å². The van der Waals surface area contributed by atoms with Crippen LogP contribution < -0.4 is 34.3 Å². The van der Waals surface area contributed by atoms with Gasteiger partial charge in [0.2, 0.25) is 5.89 Å². The number of aromatic nitrogens is 2. The zero-order valence-electron chi connectivity index (χ0n) is 10.5. The zero-order valence-corrected chi connectivity index (χ0v) is 12.7. The van der Waals surface area contributed by atoms with Gasteiger partial charge in [0, 0.05) is 17.8 Å². The maximum atomic E-state index is 5.73. The normalized spacial score (nSPS) is 10.4. The first-order valence-corrected chi connectivity index (χ1v) is 5.92. The Balaban J connectivity index is 0.00000133. The monoisotopic (exact) mass is 367 g/mol. The highest BCUT2D eigenvalue weighted by atomic mass is 127. The average Bonchev–Trinajstić information content (AvgIpc) is 2.81. The van der Waals surface area contributed by atoms with Crippen LogP contribution in [0.1, 0.15) is 6.92 Å². The number of nitrogens with two attached hydrogens (primary N) is 1.